The van der Waals surface area contributed by atoms with Gasteiger partial charge in [-0.25, -0.2) is 0 Å². The fraction of sp³-hybridized carbons (Fsp3) is 0.538. The van der Waals surface area contributed by atoms with Gasteiger partial charge in [-0.2, -0.15) is 0 Å². The van der Waals surface area contributed by atoms with Gasteiger partial charge in [-0.15, -0.1) is 0 Å². The summed E-state index contributed by atoms with van der Waals surface area (Å²) < 4.78 is 11.3. The van der Waals surface area contributed by atoms with Gasteiger partial charge in [0.05, 0.1) is 5.41 Å². The molecule has 0 saturated heterocycles. The minimum atomic E-state index is -0.270. The van der Waals surface area contributed by atoms with Crippen LogP contribution in [0.25, 0.3) is 0 Å². The van der Waals surface area contributed by atoms with E-state index >= 15 is 0 Å². The van der Waals surface area contributed by atoms with Gasteiger partial charge in [0.1, 0.15) is 11.5 Å². The van der Waals surface area contributed by atoms with Crippen LogP contribution < -0.4 is 4.74 Å². The molecule has 1 aromatic rings. The Morgan fingerprint density at radius 2 is 2.12 bits per heavy atom. The smallest absolute Gasteiger partial charge is 0.209 e. The molecule has 0 spiro atoms. The van der Waals surface area contributed by atoms with E-state index in [2.05, 4.69) is 13.8 Å². The Morgan fingerprint density at radius 3 is 2.75 bits per heavy atom. The lowest BCUT2D eigenvalue weighted by Crippen LogP contribution is -2.34. The van der Waals surface area contributed by atoms with Gasteiger partial charge in [0.15, 0.2) is 0 Å². The zero-order valence-corrected chi connectivity index (χ0v) is 10.2. The summed E-state index contributed by atoms with van der Waals surface area (Å²) in [5, 5.41) is 9.74. The summed E-state index contributed by atoms with van der Waals surface area (Å²) in [4.78, 5) is 0. The number of hydrogen-bond donors (Lipinski definition) is 1. The minimum Gasteiger partial charge on any atom is -0.508 e. The van der Waals surface area contributed by atoms with Gasteiger partial charge < -0.3 is 14.6 Å². The van der Waals surface area contributed by atoms with Crippen LogP contribution in [-0.2, 0) is 10.2 Å². The van der Waals surface area contributed by atoms with Gasteiger partial charge in [-0.1, -0.05) is 0 Å². The van der Waals surface area contributed by atoms with E-state index in [4.69, 9.17) is 9.47 Å². The molecule has 0 aliphatic carbocycles. The van der Waals surface area contributed by atoms with E-state index in [1.807, 2.05) is 19.9 Å². The van der Waals surface area contributed by atoms with E-state index < -0.39 is 0 Å². The van der Waals surface area contributed by atoms with Crippen molar-refractivity contribution < 1.29 is 14.6 Å². The van der Waals surface area contributed by atoms with Crippen LogP contribution in [0.1, 0.15) is 31.9 Å². The molecule has 0 fully saturated rings. The lowest BCUT2D eigenvalue weighted by Gasteiger charge is -2.25. The summed E-state index contributed by atoms with van der Waals surface area (Å²) in [6, 6.07) is 3.65. The van der Waals surface area contributed by atoms with Gasteiger partial charge in [0, 0.05) is 12.2 Å². The molecular weight excluding hydrogens is 204 g/mol. The first-order chi connectivity index (χ1) is 7.46. The maximum atomic E-state index is 9.74. The maximum absolute atomic E-state index is 9.74. The van der Waals surface area contributed by atoms with Crippen molar-refractivity contribution in [3.05, 3.63) is 23.3 Å². The Bertz CT molecular complexity index is 410. The summed E-state index contributed by atoms with van der Waals surface area (Å²) in [6.07, 6.45) is -0.270. The van der Waals surface area contributed by atoms with E-state index in [1.165, 1.54) is 0 Å². The van der Waals surface area contributed by atoms with Crippen LogP contribution in [0.15, 0.2) is 12.1 Å². The highest BCUT2D eigenvalue weighted by molar-refractivity contribution is 5.51. The van der Waals surface area contributed by atoms with Gasteiger partial charge in [-0.05, 0) is 45.4 Å². The van der Waals surface area contributed by atoms with E-state index in [-0.39, 0.29) is 11.7 Å². The standard InChI is InChI=1S/C13H18O3/c1-5-15-12-13(3,4)9-7-10(14)8(2)6-11(9)16-12/h6-7,12,14H,5H2,1-4H3. The zero-order valence-electron chi connectivity index (χ0n) is 10.2. The van der Waals surface area contributed by atoms with Gasteiger partial charge >= 0.3 is 0 Å². The SMILES string of the molecule is CCOC1Oc2cc(C)c(O)cc2C1(C)C. The highest BCUT2D eigenvalue weighted by Crippen LogP contribution is 2.45. The molecular formula is C13H18O3. The fourth-order valence-electron chi connectivity index (χ4n) is 2.05. The van der Waals surface area contributed by atoms with Crippen LogP contribution in [0.5, 0.6) is 11.5 Å². The summed E-state index contributed by atoms with van der Waals surface area (Å²) in [5.74, 6) is 1.13. The van der Waals surface area contributed by atoms with Crippen molar-refractivity contribution in [2.24, 2.45) is 0 Å². The number of fused-ring (bicyclic) bond motifs is 1. The van der Waals surface area contributed by atoms with Gasteiger partial charge in [0.2, 0.25) is 6.29 Å². The summed E-state index contributed by atoms with van der Waals surface area (Å²) in [5.41, 5.74) is 1.61. The number of aromatic hydroxyl groups is 1. The van der Waals surface area contributed by atoms with Crippen LogP contribution >= 0.6 is 0 Å². The Kier molecular flexibility index (Phi) is 2.58. The molecule has 2 rings (SSSR count). The molecule has 88 valence electrons. The van der Waals surface area contributed by atoms with Crippen molar-refractivity contribution in [2.45, 2.75) is 39.4 Å². The lowest BCUT2D eigenvalue weighted by molar-refractivity contribution is -0.0982. The monoisotopic (exact) mass is 222 g/mol. The molecule has 0 radical (unpaired) electrons. The fourth-order valence-corrected chi connectivity index (χ4v) is 2.05. The molecule has 1 aromatic carbocycles. The molecule has 1 aliphatic heterocycles. The average molecular weight is 222 g/mol. The largest absolute Gasteiger partial charge is 0.508 e. The Labute approximate surface area is 96.0 Å². The van der Waals surface area contributed by atoms with Crippen LogP contribution in [0.3, 0.4) is 0 Å². The maximum Gasteiger partial charge on any atom is 0.209 e. The van der Waals surface area contributed by atoms with Gasteiger partial charge in [0.25, 0.3) is 0 Å². The Balaban J connectivity index is 2.44. The number of ether oxygens (including phenoxy) is 2. The third-order valence-corrected chi connectivity index (χ3v) is 3.13. The molecule has 1 atom stereocenters. The molecule has 0 aromatic heterocycles. The number of rotatable bonds is 2. The molecule has 3 heteroatoms. The molecule has 0 amide bonds. The molecule has 1 heterocycles. The van der Waals surface area contributed by atoms with Crippen molar-refractivity contribution >= 4 is 0 Å². The highest BCUT2D eigenvalue weighted by atomic mass is 16.7. The number of hydrogen-bond acceptors (Lipinski definition) is 3. The van der Waals surface area contributed by atoms with Crippen molar-refractivity contribution in [2.75, 3.05) is 6.61 Å². The van der Waals surface area contributed by atoms with Crippen molar-refractivity contribution in [1.82, 2.24) is 0 Å². The Morgan fingerprint density at radius 1 is 1.44 bits per heavy atom. The molecule has 1 aliphatic rings. The van der Waals surface area contributed by atoms with Crippen molar-refractivity contribution in [3.63, 3.8) is 0 Å². The first-order valence-electron chi connectivity index (χ1n) is 5.59. The number of phenolic OH excluding ortho intramolecular Hbond substituents is 1. The van der Waals surface area contributed by atoms with Crippen LogP contribution in [0.2, 0.25) is 0 Å². The number of phenols is 1. The van der Waals surface area contributed by atoms with Gasteiger partial charge in [-0.3, -0.25) is 0 Å². The minimum absolute atomic E-state index is 0.226. The van der Waals surface area contributed by atoms with E-state index in [0.29, 0.717) is 12.4 Å². The summed E-state index contributed by atoms with van der Waals surface area (Å²) in [7, 11) is 0. The van der Waals surface area contributed by atoms with Crippen molar-refractivity contribution in [1.29, 1.82) is 0 Å². The molecule has 1 N–H and O–H groups in total. The number of aryl methyl sites for hydroxylation is 1. The highest BCUT2D eigenvalue weighted by Gasteiger charge is 2.42. The third-order valence-electron chi connectivity index (χ3n) is 3.13. The molecule has 1 unspecified atom stereocenters. The molecule has 0 bridgehead atoms. The zero-order chi connectivity index (χ0) is 11.9. The number of benzene rings is 1. The quantitative estimate of drug-likeness (QED) is 0.836. The third kappa shape index (κ3) is 1.55. The van der Waals surface area contributed by atoms with Crippen LogP contribution in [-0.4, -0.2) is 18.0 Å². The predicted molar refractivity (Wildman–Crippen MR) is 61.9 cm³/mol. The topological polar surface area (TPSA) is 38.7 Å². The lowest BCUT2D eigenvalue weighted by atomic mass is 9.85. The first-order valence-corrected chi connectivity index (χ1v) is 5.59. The summed E-state index contributed by atoms with van der Waals surface area (Å²) >= 11 is 0. The summed E-state index contributed by atoms with van der Waals surface area (Å²) in [6.45, 7) is 8.56. The van der Waals surface area contributed by atoms with E-state index in [0.717, 1.165) is 16.9 Å². The van der Waals surface area contributed by atoms with Crippen LogP contribution in [0.4, 0.5) is 0 Å². The Hall–Kier alpha value is -1.22. The van der Waals surface area contributed by atoms with E-state index in [9.17, 15) is 5.11 Å². The molecule has 16 heavy (non-hydrogen) atoms. The second-order valence-corrected chi connectivity index (χ2v) is 4.76. The second-order valence-electron chi connectivity index (χ2n) is 4.76. The second kappa shape index (κ2) is 3.67. The van der Waals surface area contributed by atoms with Crippen LogP contribution in [0, 0.1) is 6.92 Å². The molecule has 0 saturated carbocycles. The van der Waals surface area contributed by atoms with Crippen molar-refractivity contribution in [3.8, 4) is 11.5 Å². The van der Waals surface area contributed by atoms with E-state index in [1.54, 1.807) is 6.07 Å². The predicted octanol–water partition coefficient (Wildman–Crippen LogP) is 2.73. The first kappa shape index (κ1) is 11.3. The average Bonchev–Trinajstić information content (AvgIpc) is 2.42. The normalized spacial score (nSPS) is 21.6. The molecule has 3 nitrogen and oxygen atoms in total.